The lowest BCUT2D eigenvalue weighted by Crippen LogP contribution is -2.17. The number of terminal acetylenes is 1. The smallest absolute Gasteiger partial charge is 0.159 e. The molecule has 8 heteroatoms. The Morgan fingerprint density at radius 3 is 2.94 bits per heavy atom. The van der Waals surface area contributed by atoms with Gasteiger partial charge in [0.15, 0.2) is 5.78 Å². The molecule has 1 atom stereocenters. The Morgan fingerprint density at radius 1 is 1.34 bits per heavy atom. The first-order valence-electron chi connectivity index (χ1n) is 11.3. The SMILES string of the molecule is C#Cc1ccc(F)c(Nc2ncnc3cc(O[C@H]4CCOC4)c(CC(=O)/C=C/CN(C)C)cc23)c1. The van der Waals surface area contributed by atoms with Gasteiger partial charge in [-0.25, -0.2) is 14.4 Å². The van der Waals surface area contributed by atoms with E-state index in [0.717, 1.165) is 6.42 Å². The molecule has 0 unspecified atom stereocenters. The Balaban J connectivity index is 1.71. The Hall–Kier alpha value is -3.80. The zero-order chi connectivity index (χ0) is 24.8. The Labute approximate surface area is 204 Å². The maximum Gasteiger partial charge on any atom is 0.159 e. The molecular weight excluding hydrogens is 447 g/mol. The highest BCUT2D eigenvalue weighted by atomic mass is 19.1. The highest BCUT2D eigenvalue weighted by Gasteiger charge is 2.21. The summed E-state index contributed by atoms with van der Waals surface area (Å²) in [5.74, 6) is 2.96. The minimum absolute atomic E-state index is 0.0575. The van der Waals surface area contributed by atoms with Crippen molar-refractivity contribution in [3.63, 3.8) is 0 Å². The van der Waals surface area contributed by atoms with E-state index in [2.05, 4.69) is 21.2 Å². The topological polar surface area (TPSA) is 76.6 Å². The van der Waals surface area contributed by atoms with Crippen LogP contribution in [-0.2, 0) is 16.0 Å². The van der Waals surface area contributed by atoms with Crippen molar-refractivity contribution in [3.8, 4) is 18.1 Å². The molecule has 1 saturated heterocycles. The minimum atomic E-state index is -0.460. The van der Waals surface area contributed by atoms with Gasteiger partial charge in [-0.3, -0.25) is 4.79 Å². The lowest BCUT2D eigenvalue weighted by atomic mass is 10.0. The summed E-state index contributed by atoms with van der Waals surface area (Å²) >= 11 is 0. The van der Waals surface area contributed by atoms with Crippen molar-refractivity contribution in [2.45, 2.75) is 18.9 Å². The molecule has 0 amide bonds. The molecule has 2 heterocycles. The number of hydrogen-bond acceptors (Lipinski definition) is 7. The van der Waals surface area contributed by atoms with Gasteiger partial charge in [0.05, 0.1) is 24.4 Å². The molecule has 1 fully saturated rings. The van der Waals surface area contributed by atoms with Gasteiger partial charge in [-0.1, -0.05) is 12.0 Å². The van der Waals surface area contributed by atoms with Crippen molar-refractivity contribution in [2.24, 2.45) is 0 Å². The number of fused-ring (bicyclic) bond motifs is 1. The van der Waals surface area contributed by atoms with Crippen LogP contribution in [-0.4, -0.2) is 60.6 Å². The number of ketones is 1. The number of carbonyl (C=O) groups is 1. The molecule has 0 aliphatic carbocycles. The van der Waals surface area contributed by atoms with E-state index in [1.54, 1.807) is 18.2 Å². The largest absolute Gasteiger partial charge is 0.488 e. The number of aromatic nitrogens is 2. The Kier molecular flexibility index (Phi) is 7.70. The number of benzene rings is 2. The average molecular weight is 475 g/mol. The molecule has 0 bridgehead atoms. The maximum absolute atomic E-state index is 14.4. The normalized spacial score (nSPS) is 15.6. The van der Waals surface area contributed by atoms with E-state index < -0.39 is 5.82 Å². The molecule has 3 aromatic rings. The summed E-state index contributed by atoms with van der Waals surface area (Å²) in [7, 11) is 3.87. The van der Waals surface area contributed by atoms with Gasteiger partial charge in [-0.05, 0) is 44.4 Å². The molecule has 180 valence electrons. The van der Waals surface area contributed by atoms with Crippen LogP contribution in [0.25, 0.3) is 10.9 Å². The standard InChI is InChI=1S/C27H27FN4O3/c1-4-18-7-8-23(28)25(12-18)31-27-22-14-19(13-20(33)6-5-10-32(2)3)26(15-24(22)29-17-30-27)35-21-9-11-34-16-21/h1,5-8,12,14-15,17,21H,9-11,13,16H2,2-3H3,(H,29,30,31)/b6-5+/t21-/m0/s1. The van der Waals surface area contributed by atoms with E-state index in [-0.39, 0.29) is 24.0 Å². The molecule has 0 spiro atoms. The van der Waals surface area contributed by atoms with Crippen LogP contribution in [0.1, 0.15) is 17.5 Å². The van der Waals surface area contributed by atoms with Crippen LogP contribution in [0, 0.1) is 18.2 Å². The summed E-state index contributed by atoms with van der Waals surface area (Å²) in [6.07, 6.45) is 11.1. The first kappa shape index (κ1) is 24.3. The minimum Gasteiger partial charge on any atom is -0.488 e. The molecular formula is C27H27FN4O3. The van der Waals surface area contributed by atoms with Crippen molar-refractivity contribution >= 4 is 28.2 Å². The summed E-state index contributed by atoms with van der Waals surface area (Å²) < 4.78 is 26.1. The van der Waals surface area contributed by atoms with Crippen molar-refractivity contribution in [3.05, 3.63) is 65.8 Å². The number of halogens is 1. The second-order valence-corrected chi connectivity index (χ2v) is 8.57. The zero-order valence-electron chi connectivity index (χ0n) is 19.8. The maximum atomic E-state index is 14.4. The van der Waals surface area contributed by atoms with E-state index in [1.807, 2.05) is 31.1 Å². The monoisotopic (exact) mass is 474 g/mol. The Bertz CT molecular complexity index is 1290. The molecule has 7 nitrogen and oxygen atoms in total. The predicted molar refractivity (Wildman–Crippen MR) is 133 cm³/mol. The molecule has 1 N–H and O–H groups in total. The number of likely N-dealkylation sites (N-methyl/N-ethyl adjacent to an activating group) is 1. The van der Waals surface area contributed by atoms with Gasteiger partial charge < -0.3 is 19.7 Å². The van der Waals surface area contributed by atoms with Crippen molar-refractivity contribution in [2.75, 3.05) is 39.2 Å². The molecule has 1 aliphatic rings. The number of rotatable bonds is 9. The second-order valence-electron chi connectivity index (χ2n) is 8.57. The molecule has 0 saturated carbocycles. The number of carbonyl (C=O) groups excluding carboxylic acids is 1. The van der Waals surface area contributed by atoms with Gasteiger partial charge in [0, 0.05) is 42.0 Å². The summed E-state index contributed by atoms with van der Waals surface area (Å²) in [5.41, 5.74) is 2.04. The molecule has 4 rings (SSSR count). The van der Waals surface area contributed by atoms with Crippen molar-refractivity contribution < 1.29 is 18.7 Å². The van der Waals surface area contributed by atoms with Crippen molar-refractivity contribution in [1.82, 2.24) is 14.9 Å². The number of ether oxygens (including phenoxy) is 2. The predicted octanol–water partition coefficient (Wildman–Crippen LogP) is 3.89. The van der Waals surface area contributed by atoms with Crippen LogP contribution in [0.5, 0.6) is 5.75 Å². The quantitative estimate of drug-likeness (QED) is 0.372. The third kappa shape index (κ3) is 6.21. The Morgan fingerprint density at radius 2 is 2.20 bits per heavy atom. The first-order valence-corrected chi connectivity index (χ1v) is 11.3. The third-order valence-corrected chi connectivity index (χ3v) is 5.52. The molecule has 1 aliphatic heterocycles. The van der Waals surface area contributed by atoms with Crippen LogP contribution in [0.3, 0.4) is 0 Å². The molecule has 0 radical (unpaired) electrons. The fourth-order valence-corrected chi connectivity index (χ4v) is 3.74. The summed E-state index contributed by atoms with van der Waals surface area (Å²) in [5, 5.41) is 3.66. The van der Waals surface area contributed by atoms with Crippen molar-refractivity contribution in [1.29, 1.82) is 0 Å². The number of allylic oxidation sites excluding steroid dienone is 1. The van der Waals surface area contributed by atoms with E-state index in [1.165, 1.54) is 18.5 Å². The summed E-state index contributed by atoms with van der Waals surface area (Å²) in [6.45, 7) is 1.80. The third-order valence-electron chi connectivity index (χ3n) is 5.52. The summed E-state index contributed by atoms with van der Waals surface area (Å²) in [4.78, 5) is 23.4. The zero-order valence-corrected chi connectivity index (χ0v) is 19.8. The van der Waals surface area contributed by atoms with Crippen LogP contribution in [0.4, 0.5) is 15.9 Å². The highest BCUT2D eigenvalue weighted by molar-refractivity contribution is 5.96. The molecule has 35 heavy (non-hydrogen) atoms. The van der Waals surface area contributed by atoms with Gasteiger partial charge >= 0.3 is 0 Å². The lowest BCUT2D eigenvalue weighted by Gasteiger charge is -2.17. The first-order chi connectivity index (χ1) is 16.9. The number of hydrogen-bond donors (Lipinski definition) is 1. The summed E-state index contributed by atoms with van der Waals surface area (Å²) in [6, 6.07) is 7.99. The highest BCUT2D eigenvalue weighted by Crippen LogP contribution is 2.32. The number of nitrogens with zero attached hydrogens (tertiary/aromatic N) is 3. The van der Waals surface area contributed by atoms with Crippen LogP contribution >= 0.6 is 0 Å². The van der Waals surface area contributed by atoms with E-state index >= 15 is 0 Å². The second kappa shape index (κ2) is 11.1. The van der Waals surface area contributed by atoms with Gasteiger partial charge in [0.2, 0.25) is 0 Å². The number of nitrogens with one attached hydrogen (secondary N) is 1. The fraction of sp³-hybridized carbons (Fsp3) is 0.296. The van der Waals surface area contributed by atoms with Crippen LogP contribution in [0.15, 0.2) is 48.8 Å². The van der Waals surface area contributed by atoms with Gasteiger partial charge in [-0.15, -0.1) is 6.42 Å². The van der Waals surface area contributed by atoms with E-state index in [4.69, 9.17) is 15.9 Å². The molecule has 2 aromatic carbocycles. The lowest BCUT2D eigenvalue weighted by molar-refractivity contribution is -0.114. The average Bonchev–Trinajstić information content (AvgIpc) is 3.34. The van der Waals surface area contributed by atoms with E-state index in [0.29, 0.717) is 53.4 Å². The molecule has 1 aromatic heterocycles. The van der Waals surface area contributed by atoms with Crippen LogP contribution in [0.2, 0.25) is 0 Å². The van der Waals surface area contributed by atoms with Crippen LogP contribution < -0.4 is 10.1 Å². The fourth-order valence-electron chi connectivity index (χ4n) is 3.74. The van der Waals surface area contributed by atoms with Gasteiger partial charge in [0.1, 0.15) is 29.8 Å². The number of anilines is 2. The van der Waals surface area contributed by atoms with Gasteiger partial charge in [-0.2, -0.15) is 0 Å². The van der Waals surface area contributed by atoms with E-state index in [9.17, 15) is 9.18 Å². The van der Waals surface area contributed by atoms with Gasteiger partial charge in [0.25, 0.3) is 0 Å².